The first kappa shape index (κ1) is 23.3. The first-order valence-corrected chi connectivity index (χ1v) is 9.51. The van der Waals surface area contributed by atoms with E-state index in [1.807, 2.05) is 27.7 Å². The molecule has 28 heavy (non-hydrogen) atoms. The lowest BCUT2D eigenvalue weighted by atomic mass is 10.4. The number of rotatable bonds is 0. The second-order valence-electron chi connectivity index (χ2n) is 5.94. The van der Waals surface area contributed by atoms with E-state index in [2.05, 4.69) is 49.7 Å². The highest BCUT2D eigenvalue weighted by Crippen LogP contribution is 2.04. The minimum Gasteiger partial charge on any atom is -0.340 e. The van der Waals surface area contributed by atoms with E-state index in [0.717, 1.165) is 28.8 Å². The van der Waals surface area contributed by atoms with Crippen molar-refractivity contribution in [3.8, 4) is 0 Å². The molecule has 1 aliphatic heterocycles. The number of thiazole rings is 1. The van der Waals surface area contributed by atoms with Gasteiger partial charge in [-0.3, -0.25) is 4.99 Å². The Bertz CT molecular complexity index is 768. The summed E-state index contributed by atoms with van der Waals surface area (Å²) in [7, 11) is 0. The standard InChI is InChI=1S/C5H8N2.C5H7NS.2C4H6N2O/c1-4-3-6-5(2)7-4;1-4-3-7-5(2)6-4;2*1-3-5-4(2)7-6-3/h3H2,1-2H3;3H,1-2H3;2*1-2H3. The summed E-state index contributed by atoms with van der Waals surface area (Å²) >= 11 is 1.69. The first-order chi connectivity index (χ1) is 13.2. The van der Waals surface area contributed by atoms with Crippen molar-refractivity contribution in [1.82, 2.24) is 25.3 Å². The summed E-state index contributed by atoms with van der Waals surface area (Å²) in [6.07, 6.45) is 0. The Kier molecular flexibility index (Phi) is 9.86. The fourth-order valence-corrected chi connectivity index (χ4v) is 2.44. The Morgan fingerprint density at radius 3 is 1.43 bits per heavy atom. The van der Waals surface area contributed by atoms with Crippen molar-refractivity contribution in [2.45, 2.75) is 55.4 Å². The van der Waals surface area contributed by atoms with Gasteiger partial charge in [0.05, 0.1) is 11.6 Å². The molecule has 0 spiro atoms. The van der Waals surface area contributed by atoms with Gasteiger partial charge in [-0.15, -0.1) is 11.3 Å². The van der Waals surface area contributed by atoms with Gasteiger partial charge in [0.2, 0.25) is 11.8 Å². The van der Waals surface area contributed by atoms with Crippen molar-refractivity contribution >= 4 is 22.9 Å². The Balaban J connectivity index is 0.000000187. The lowest BCUT2D eigenvalue weighted by Gasteiger charge is -1.76. The summed E-state index contributed by atoms with van der Waals surface area (Å²) in [6, 6.07) is 0. The maximum absolute atomic E-state index is 4.60. The molecule has 0 radical (unpaired) electrons. The molecular weight excluding hydrogens is 378 g/mol. The number of hydrogen-bond acceptors (Lipinski definition) is 10. The maximum atomic E-state index is 4.60. The number of nitrogens with zero attached hydrogens (tertiary/aromatic N) is 7. The average Bonchev–Trinajstić information content (AvgIpc) is 3.37. The van der Waals surface area contributed by atoms with Gasteiger partial charge in [0.25, 0.3) is 0 Å². The molecule has 0 saturated carbocycles. The van der Waals surface area contributed by atoms with Gasteiger partial charge in [0, 0.05) is 30.6 Å². The summed E-state index contributed by atoms with van der Waals surface area (Å²) in [5.41, 5.74) is 2.25. The van der Waals surface area contributed by atoms with Gasteiger partial charge < -0.3 is 9.05 Å². The summed E-state index contributed by atoms with van der Waals surface area (Å²) in [5, 5.41) is 10.3. The Morgan fingerprint density at radius 2 is 1.32 bits per heavy atom. The van der Waals surface area contributed by atoms with E-state index in [4.69, 9.17) is 0 Å². The van der Waals surface area contributed by atoms with Crippen LogP contribution in [-0.2, 0) is 0 Å². The average molecular weight is 406 g/mol. The van der Waals surface area contributed by atoms with E-state index in [-0.39, 0.29) is 0 Å². The zero-order valence-corrected chi connectivity index (χ0v) is 18.5. The Hall–Kier alpha value is -2.75. The van der Waals surface area contributed by atoms with Crippen LogP contribution in [0.25, 0.3) is 0 Å². The lowest BCUT2D eigenvalue weighted by Crippen LogP contribution is -1.87. The van der Waals surface area contributed by atoms with E-state index >= 15 is 0 Å². The van der Waals surface area contributed by atoms with E-state index in [9.17, 15) is 0 Å². The summed E-state index contributed by atoms with van der Waals surface area (Å²) in [6.45, 7) is 15.8. The highest BCUT2D eigenvalue weighted by Gasteiger charge is 1.97. The molecule has 0 N–H and O–H groups in total. The monoisotopic (exact) mass is 405 g/mol. The second kappa shape index (κ2) is 11.9. The quantitative estimate of drug-likeness (QED) is 0.555. The molecular formula is C18H27N7O2S. The van der Waals surface area contributed by atoms with Gasteiger partial charge in [0.1, 0.15) is 5.84 Å². The third-order valence-electron chi connectivity index (χ3n) is 2.88. The summed E-state index contributed by atoms with van der Waals surface area (Å²) in [5.74, 6) is 3.54. The molecule has 0 saturated heterocycles. The minimum absolute atomic E-state index is 0.623. The van der Waals surface area contributed by atoms with Crippen molar-refractivity contribution in [3.63, 3.8) is 0 Å². The lowest BCUT2D eigenvalue weighted by molar-refractivity contribution is 0.389. The zero-order chi connectivity index (χ0) is 21.1. The van der Waals surface area contributed by atoms with Gasteiger partial charge in [-0.05, 0) is 41.5 Å². The predicted molar refractivity (Wildman–Crippen MR) is 110 cm³/mol. The van der Waals surface area contributed by atoms with E-state index in [0.29, 0.717) is 23.4 Å². The SMILES string of the molecule is CC1=NC(C)=NC1.Cc1csc(C)n1.Cc1noc(C)n1.Cc1noc(C)n1. The molecule has 0 bridgehead atoms. The summed E-state index contributed by atoms with van der Waals surface area (Å²) < 4.78 is 9.21. The van der Waals surface area contributed by atoms with Gasteiger partial charge in [-0.1, -0.05) is 10.3 Å². The number of hydrogen-bond donors (Lipinski definition) is 0. The molecule has 4 heterocycles. The molecule has 3 aromatic rings. The fourth-order valence-electron chi connectivity index (χ4n) is 1.85. The highest BCUT2D eigenvalue weighted by molar-refractivity contribution is 7.09. The minimum atomic E-state index is 0.623. The van der Waals surface area contributed by atoms with Crippen molar-refractivity contribution in [2.75, 3.05) is 6.54 Å². The first-order valence-electron chi connectivity index (χ1n) is 8.63. The zero-order valence-electron chi connectivity index (χ0n) is 17.6. The molecule has 9 nitrogen and oxygen atoms in total. The molecule has 1 aliphatic rings. The number of aromatic nitrogens is 5. The predicted octanol–water partition coefficient (Wildman–Crippen LogP) is 4.01. The Labute approximate surface area is 169 Å². The molecule has 4 rings (SSSR count). The van der Waals surface area contributed by atoms with Crippen LogP contribution in [0.15, 0.2) is 24.4 Å². The molecule has 0 unspecified atom stereocenters. The second-order valence-corrected chi connectivity index (χ2v) is 7.00. The topological polar surface area (TPSA) is 115 Å². The number of aliphatic imine (C=N–C) groups is 2. The molecule has 0 fully saturated rings. The maximum Gasteiger partial charge on any atom is 0.223 e. The van der Waals surface area contributed by atoms with E-state index < -0.39 is 0 Å². The van der Waals surface area contributed by atoms with Crippen LogP contribution in [0.1, 0.15) is 48.0 Å². The van der Waals surface area contributed by atoms with Crippen molar-refractivity contribution in [1.29, 1.82) is 0 Å². The molecule has 0 aliphatic carbocycles. The van der Waals surface area contributed by atoms with Crippen LogP contribution in [0.5, 0.6) is 0 Å². The normalized spacial score (nSPS) is 11.9. The van der Waals surface area contributed by atoms with Crippen LogP contribution in [0.2, 0.25) is 0 Å². The van der Waals surface area contributed by atoms with Crippen molar-refractivity contribution in [2.24, 2.45) is 9.98 Å². The summed E-state index contributed by atoms with van der Waals surface area (Å²) in [4.78, 5) is 19.9. The van der Waals surface area contributed by atoms with Crippen molar-refractivity contribution in [3.05, 3.63) is 39.5 Å². The number of aryl methyl sites for hydroxylation is 6. The van der Waals surface area contributed by atoms with Crippen LogP contribution >= 0.6 is 11.3 Å². The van der Waals surface area contributed by atoms with Crippen LogP contribution in [-0.4, -0.2) is 43.4 Å². The fraction of sp³-hybridized carbons (Fsp3) is 0.500. The highest BCUT2D eigenvalue weighted by atomic mass is 32.1. The third-order valence-corrected chi connectivity index (χ3v) is 3.77. The van der Waals surface area contributed by atoms with Crippen LogP contribution in [0.4, 0.5) is 0 Å². The molecule has 152 valence electrons. The third kappa shape index (κ3) is 10.4. The van der Waals surface area contributed by atoms with Gasteiger partial charge in [-0.25, -0.2) is 9.98 Å². The molecule has 3 aromatic heterocycles. The molecule has 10 heteroatoms. The molecule has 0 aromatic carbocycles. The van der Waals surface area contributed by atoms with Crippen LogP contribution in [0, 0.1) is 41.5 Å². The smallest absolute Gasteiger partial charge is 0.223 e. The van der Waals surface area contributed by atoms with Gasteiger partial charge >= 0.3 is 0 Å². The molecule has 0 atom stereocenters. The van der Waals surface area contributed by atoms with Crippen LogP contribution < -0.4 is 0 Å². The largest absolute Gasteiger partial charge is 0.340 e. The van der Waals surface area contributed by atoms with Crippen molar-refractivity contribution < 1.29 is 9.05 Å². The molecule has 0 amide bonds. The van der Waals surface area contributed by atoms with E-state index in [1.54, 1.807) is 39.0 Å². The van der Waals surface area contributed by atoms with E-state index in [1.165, 1.54) is 0 Å². The van der Waals surface area contributed by atoms with Crippen LogP contribution in [0.3, 0.4) is 0 Å². The van der Waals surface area contributed by atoms with Gasteiger partial charge in [0.15, 0.2) is 11.6 Å². The number of amidine groups is 1. The van der Waals surface area contributed by atoms with Gasteiger partial charge in [-0.2, -0.15) is 9.97 Å². The Morgan fingerprint density at radius 1 is 0.786 bits per heavy atom.